The minimum absolute atomic E-state index is 0.276. The highest BCUT2D eigenvalue weighted by Crippen LogP contribution is 2.16. The lowest BCUT2D eigenvalue weighted by molar-refractivity contribution is -0.157. The smallest absolute Gasteiger partial charge is 0.344 e. The van der Waals surface area contributed by atoms with Crippen molar-refractivity contribution < 1.29 is 27.2 Å². The minimum atomic E-state index is -4.47. The maximum Gasteiger partial charge on any atom is 0.344 e. The van der Waals surface area contributed by atoms with Crippen LogP contribution in [0.1, 0.15) is 20.8 Å². The van der Waals surface area contributed by atoms with Gasteiger partial charge < -0.3 is 14.0 Å². The van der Waals surface area contributed by atoms with E-state index in [1.807, 2.05) is 0 Å². The van der Waals surface area contributed by atoms with Gasteiger partial charge >= 0.3 is 5.97 Å². The average Bonchev–Trinajstić information content (AvgIpc) is 2.23. The Morgan fingerprint density at radius 2 is 1.74 bits per heavy atom. The Labute approximate surface area is 112 Å². The van der Waals surface area contributed by atoms with Crippen LogP contribution in [0, 0.1) is 0 Å². The zero-order valence-corrected chi connectivity index (χ0v) is 11.7. The van der Waals surface area contributed by atoms with Crippen LogP contribution in [0.2, 0.25) is 0 Å². The minimum Gasteiger partial charge on any atom is -0.744 e. The molecule has 6 nitrogen and oxygen atoms in total. The highest BCUT2D eigenvalue weighted by molar-refractivity contribution is 7.85. The van der Waals surface area contributed by atoms with Crippen LogP contribution in [-0.2, 0) is 19.6 Å². The molecule has 0 spiro atoms. The van der Waals surface area contributed by atoms with Crippen molar-refractivity contribution in [2.45, 2.75) is 31.3 Å². The molecule has 0 fully saturated rings. The van der Waals surface area contributed by atoms with E-state index in [9.17, 15) is 17.8 Å². The number of esters is 1. The summed E-state index contributed by atoms with van der Waals surface area (Å²) in [6, 6.07) is 4.84. The van der Waals surface area contributed by atoms with Gasteiger partial charge in [0.25, 0.3) is 0 Å². The number of carbonyl (C=O) groups excluding carboxylic acids is 1. The zero-order valence-electron chi connectivity index (χ0n) is 10.9. The van der Waals surface area contributed by atoms with Crippen molar-refractivity contribution in [3.8, 4) is 5.75 Å². The molecule has 0 aliphatic carbocycles. The van der Waals surface area contributed by atoms with Crippen molar-refractivity contribution in [1.82, 2.24) is 0 Å². The molecule has 0 saturated heterocycles. The van der Waals surface area contributed by atoms with Gasteiger partial charge in [-0.3, -0.25) is 0 Å². The Balaban J connectivity index is 2.58. The molecule has 0 radical (unpaired) electrons. The van der Waals surface area contributed by atoms with Gasteiger partial charge in [0.2, 0.25) is 0 Å². The fraction of sp³-hybridized carbons (Fsp3) is 0.417. The average molecular weight is 287 g/mol. The molecular weight excluding hydrogens is 272 g/mol. The molecule has 1 aromatic rings. The number of rotatable bonds is 4. The molecule has 7 heteroatoms. The highest BCUT2D eigenvalue weighted by Gasteiger charge is 2.16. The van der Waals surface area contributed by atoms with Gasteiger partial charge in [-0.25, -0.2) is 13.2 Å². The quantitative estimate of drug-likeness (QED) is 0.612. The monoisotopic (exact) mass is 287 g/mol. The second-order valence-corrected chi connectivity index (χ2v) is 6.18. The Morgan fingerprint density at radius 1 is 1.21 bits per heavy atom. The topological polar surface area (TPSA) is 92.7 Å². The first-order valence-electron chi connectivity index (χ1n) is 5.48. The lowest BCUT2D eigenvalue weighted by atomic mass is 10.2. The fourth-order valence-electron chi connectivity index (χ4n) is 1.22. The Morgan fingerprint density at radius 3 is 2.16 bits per heavy atom. The van der Waals surface area contributed by atoms with Crippen molar-refractivity contribution in [2.24, 2.45) is 0 Å². The number of carbonyl (C=O) groups is 1. The van der Waals surface area contributed by atoms with Crippen LogP contribution in [0.4, 0.5) is 0 Å². The summed E-state index contributed by atoms with van der Waals surface area (Å²) in [7, 11) is -4.47. The van der Waals surface area contributed by atoms with Gasteiger partial charge in [0.05, 0.1) is 4.90 Å². The van der Waals surface area contributed by atoms with E-state index in [0.717, 1.165) is 12.1 Å². The van der Waals surface area contributed by atoms with E-state index in [1.54, 1.807) is 20.8 Å². The van der Waals surface area contributed by atoms with Gasteiger partial charge in [-0.05, 0) is 45.0 Å². The zero-order chi connectivity index (χ0) is 14.7. The highest BCUT2D eigenvalue weighted by atomic mass is 32.2. The number of hydrogen-bond donors (Lipinski definition) is 0. The molecule has 1 aromatic carbocycles. The summed E-state index contributed by atoms with van der Waals surface area (Å²) >= 11 is 0. The Bertz CT molecular complexity index is 539. The Hall–Kier alpha value is -1.60. The first kappa shape index (κ1) is 15.5. The number of benzene rings is 1. The molecule has 0 N–H and O–H groups in total. The van der Waals surface area contributed by atoms with Crippen molar-refractivity contribution in [2.75, 3.05) is 6.61 Å². The van der Waals surface area contributed by atoms with E-state index in [2.05, 4.69) is 0 Å². The number of ether oxygens (including phenoxy) is 2. The van der Waals surface area contributed by atoms with Gasteiger partial charge in [0, 0.05) is 0 Å². The third-order valence-electron chi connectivity index (χ3n) is 1.89. The molecule has 0 aromatic heterocycles. The van der Waals surface area contributed by atoms with Crippen molar-refractivity contribution >= 4 is 16.1 Å². The van der Waals surface area contributed by atoms with Crippen LogP contribution in [0.5, 0.6) is 5.75 Å². The van der Waals surface area contributed by atoms with Crippen LogP contribution in [0.15, 0.2) is 29.2 Å². The third-order valence-corrected chi connectivity index (χ3v) is 2.74. The van der Waals surface area contributed by atoms with Crippen LogP contribution < -0.4 is 4.74 Å². The molecule has 19 heavy (non-hydrogen) atoms. The largest absolute Gasteiger partial charge is 0.744 e. The van der Waals surface area contributed by atoms with Gasteiger partial charge in [0.15, 0.2) is 6.61 Å². The molecule has 1 rings (SSSR count). The van der Waals surface area contributed by atoms with Crippen LogP contribution in [0.3, 0.4) is 0 Å². The lowest BCUT2D eigenvalue weighted by Crippen LogP contribution is -2.27. The van der Waals surface area contributed by atoms with E-state index >= 15 is 0 Å². The second-order valence-electron chi connectivity index (χ2n) is 4.80. The predicted octanol–water partition coefficient (Wildman–Crippen LogP) is 1.31. The molecule has 0 bridgehead atoms. The molecule has 0 aliphatic rings. The van der Waals surface area contributed by atoms with E-state index in [4.69, 9.17) is 9.47 Å². The summed E-state index contributed by atoms with van der Waals surface area (Å²) in [5, 5.41) is 0. The van der Waals surface area contributed by atoms with Crippen molar-refractivity contribution in [3.63, 3.8) is 0 Å². The van der Waals surface area contributed by atoms with Gasteiger partial charge in [-0.15, -0.1) is 0 Å². The molecular formula is C12H15O6S-. The predicted molar refractivity (Wildman–Crippen MR) is 65.7 cm³/mol. The molecule has 106 valence electrons. The molecule has 0 unspecified atom stereocenters. The fourth-order valence-corrected chi connectivity index (χ4v) is 1.69. The molecule has 0 amide bonds. The SMILES string of the molecule is CC(C)(C)OC(=O)COc1ccc(S(=O)(=O)[O-])cc1. The summed E-state index contributed by atoms with van der Waals surface area (Å²) in [5.74, 6) is -0.258. The van der Waals surface area contributed by atoms with Gasteiger partial charge in [-0.2, -0.15) is 0 Å². The lowest BCUT2D eigenvalue weighted by Gasteiger charge is -2.19. The maximum absolute atomic E-state index is 11.4. The molecule has 0 atom stereocenters. The summed E-state index contributed by atoms with van der Waals surface area (Å²) in [6.07, 6.45) is 0. The molecule has 0 heterocycles. The summed E-state index contributed by atoms with van der Waals surface area (Å²) in [5.41, 5.74) is -0.596. The van der Waals surface area contributed by atoms with Crippen LogP contribution in [-0.4, -0.2) is 31.1 Å². The van der Waals surface area contributed by atoms with Crippen LogP contribution >= 0.6 is 0 Å². The summed E-state index contributed by atoms with van der Waals surface area (Å²) < 4.78 is 42.2. The van der Waals surface area contributed by atoms with Crippen LogP contribution in [0.25, 0.3) is 0 Å². The van der Waals surface area contributed by atoms with Gasteiger partial charge in [-0.1, -0.05) is 0 Å². The van der Waals surface area contributed by atoms with E-state index in [1.165, 1.54) is 12.1 Å². The molecule has 0 saturated carbocycles. The van der Waals surface area contributed by atoms with E-state index in [-0.39, 0.29) is 17.3 Å². The van der Waals surface area contributed by atoms with Crippen molar-refractivity contribution in [3.05, 3.63) is 24.3 Å². The molecule has 0 aliphatic heterocycles. The maximum atomic E-state index is 11.4. The number of hydrogen-bond acceptors (Lipinski definition) is 6. The normalized spacial score (nSPS) is 12.0. The summed E-state index contributed by atoms with van der Waals surface area (Å²) in [4.78, 5) is 11.0. The third kappa shape index (κ3) is 5.71. The Kier molecular flexibility index (Phi) is 4.54. The first-order valence-corrected chi connectivity index (χ1v) is 6.89. The standard InChI is InChI=1S/C12H16O6S/c1-12(2,3)18-11(13)8-17-9-4-6-10(7-5-9)19(14,15)16/h4-7H,8H2,1-3H3,(H,14,15,16)/p-1. The van der Waals surface area contributed by atoms with Gasteiger partial charge in [0.1, 0.15) is 21.5 Å². The van der Waals surface area contributed by atoms with E-state index < -0.39 is 21.7 Å². The van der Waals surface area contributed by atoms with Crippen molar-refractivity contribution in [1.29, 1.82) is 0 Å². The second kappa shape index (κ2) is 5.58. The first-order chi connectivity index (χ1) is 8.58. The summed E-state index contributed by atoms with van der Waals surface area (Å²) in [6.45, 7) is 4.91. The van der Waals surface area contributed by atoms with E-state index in [0.29, 0.717) is 0 Å².